The molecule has 1 saturated carbocycles. The average molecular weight is 264 g/mol. The van der Waals surface area contributed by atoms with E-state index in [2.05, 4.69) is 39.8 Å². The van der Waals surface area contributed by atoms with E-state index in [1.54, 1.807) is 0 Å². The van der Waals surface area contributed by atoms with Gasteiger partial charge in [-0.15, -0.1) is 0 Å². The summed E-state index contributed by atoms with van der Waals surface area (Å²) >= 11 is 0. The zero-order chi connectivity index (χ0) is 13.9. The van der Waals surface area contributed by atoms with Crippen molar-refractivity contribution in [3.8, 4) is 0 Å². The molecule has 19 heavy (non-hydrogen) atoms. The van der Waals surface area contributed by atoms with Crippen molar-refractivity contribution in [2.24, 2.45) is 5.92 Å². The minimum atomic E-state index is -0.257. The van der Waals surface area contributed by atoms with Gasteiger partial charge >= 0.3 is 7.12 Å². The number of allylic oxidation sites excluding steroid dienone is 1. The Morgan fingerprint density at radius 1 is 1.16 bits per heavy atom. The highest BCUT2D eigenvalue weighted by Gasteiger charge is 2.60. The van der Waals surface area contributed by atoms with Crippen molar-refractivity contribution in [2.75, 3.05) is 7.11 Å². The van der Waals surface area contributed by atoms with Crippen LogP contribution in [0.3, 0.4) is 0 Å². The minimum Gasteiger partial charge on any atom is -0.403 e. The van der Waals surface area contributed by atoms with E-state index in [9.17, 15) is 0 Å². The standard InChI is InChI=1S/C15H25BO3/c1-13(2)14(3,4)19-16(18-13)12-10-11-6-8-15(12,17-5)9-7-11/h6,8,11-12H,7,9-10H2,1-5H3. The lowest BCUT2D eigenvalue weighted by Crippen LogP contribution is -2.49. The van der Waals surface area contributed by atoms with Gasteiger partial charge in [-0.05, 0) is 52.9 Å². The molecular formula is C15H25BO3. The van der Waals surface area contributed by atoms with E-state index in [0.29, 0.717) is 11.7 Å². The summed E-state index contributed by atoms with van der Waals surface area (Å²) in [5.41, 5.74) is -0.698. The van der Waals surface area contributed by atoms with Crippen LogP contribution in [0.15, 0.2) is 12.2 Å². The molecule has 106 valence electrons. The van der Waals surface area contributed by atoms with Crippen LogP contribution >= 0.6 is 0 Å². The highest BCUT2D eigenvalue weighted by molar-refractivity contribution is 6.48. The average Bonchev–Trinajstić information content (AvgIpc) is 2.59. The SMILES string of the molecule is COC12C=CC(CC1)CC2B1OC(C)(C)C(C)(C)O1. The van der Waals surface area contributed by atoms with Gasteiger partial charge in [-0.2, -0.15) is 0 Å². The second-order valence-electron chi connectivity index (χ2n) is 7.28. The van der Waals surface area contributed by atoms with E-state index in [4.69, 9.17) is 14.0 Å². The molecule has 3 nitrogen and oxygen atoms in total. The van der Waals surface area contributed by atoms with Crippen LogP contribution in [-0.4, -0.2) is 31.0 Å². The molecule has 4 rings (SSSR count). The Bertz CT molecular complexity index is 388. The summed E-state index contributed by atoms with van der Waals surface area (Å²) in [5.74, 6) is 0.975. The normalized spacial score (nSPS) is 42.9. The van der Waals surface area contributed by atoms with Crippen molar-refractivity contribution in [1.82, 2.24) is 0 Å². The molecule has 0 radical (unpaired) electrons. The molecule has 3 atom stereocenters. The molecule has 1 aliphatic heterocycles. The fourth-order valence-corrected chi connectivity index (χ4v) is 3.64. The van der Waals surface area contributed by atoms with Crippen molar-refractivity contribution in [3.05, 3.63) is 12.2 Å². The summed E-state index contributed by atoms with van der Waals surface area (Å²) < 4.78 is 18.4. The first kappa shape index (κ1) is 13.7. The summed E-state index contributed by atoms with van der Waals surface area (Å²) in [5, 5.41) is 0. The number of methoxy groups -OCH3 is 1. The van der Waals surface area contributed by atoms with Gasteiger partial charge in [0, 0.05) is 12.9 Å². The smallest absolute Gasteiger partial charge is 0.403 e. The third-order valence-corrected chi connectivity index (χ3v) is 5.72. The second-order valence-corrected chi connectivity index (χ2v) is 7.28. The highest BCUT2D eigenvalue weighted by Crippen LogP contribution is 2.53. The van der Waals surface area contributed by atoms with Gasteiger partial charge in [0.1, 0.15) is 0 Å². The third kappa shape index (κ3) is 1.91. The molecule has 1 heterocycles. The summed E-state index contributed by atoms with van der Waals surface area (Å²) in [7, 11) is 1.66. The first-order valence-electron chi connectivity index (χ1n) is 7.40. The van der Waals surface area contributed by atoms with E-state index < -0.39 is 0 Å². The number of rotatable bonds is 2. The minimum absolute atomic E-state index is 0.155. The predicted octanol–water partition coefficient (Wildman–Crippen LogP) is 3.20. The number of hydrogen-bond acceptors (Lipinski definition) is 3. The van der Waals surface area contributed by atoms with Crippen molar-refractivity contribution >= 4 is 7.12 Å². The zero-order valence-electron chi connectivity index (χ0n) is 12.7. The fraction of sp³-hybridized carbons (Fsp3) is 0.867. The molecule has 0 N–H and O–H groups in total. The number of hydrogen-bond donors (Lipinski definition) is 0. The van der Waals surface area contributed by atoms with Gasteiger partial charge in [0.05, 0.1) is 16.8 Å². The van der Waals surface area contributed by atoms with E-state index in [0.717, 1.165) is 12.8 Å². The lowest BCUT2D eigenvalue weighted by Gasteiger charge is -2.47. The van der Waals surface area contributed by atoms with Crippen LogP contribution in [0.25, 0.3) is 0 Å². The molecule has 0 amide bonds. The predicted molar refractivity (Wildman–Crippen MR) is 76.1 cm³/mol. The van der Waals surface area contributed by atoms with E-state index in [1.807, 2.05) is 7.11 Å². The van der Waals surface area contributed by atoms with Gasteiger partial charge < -0.3 is 14.0 Å². The van der Waals surface area contributed by atoms with Gasteiger partial charge in [0.25, 0.3) is 0 Å². The highest BCUT2D eigenvalue weighted by atomic mass is 16.7. The number of ether oxygens (including phenoxy) is 1. The van der Waals surface area contributed by atoms with Gasteiger partial charge in [-0.25, -0.2) is 0 Å². The van der Waals surface area contributed by atoms with E-state index >= 15 is 0 Å². The van der Waals surface area contributed by atoms with Crippen molar-refractivity contribution in [2.45, 2.75) is 69.6 Å². The van der Waals surface area contributed by atoms with Crippen LogP contribution in [0.2, 0.25) is 5.82 Å². The van der Waals surface area contributed by atoms with Crippen molar-refractivity contribution < 1.29 is 14.0 Å². The maximum Gasteiger partial charge on any atom is 0.464 e. The molecule has 0 spiro atoms. The number of fused-ring (bicyclic) bond motifs is 2. The molecule has 4 aliphatic rings. The largest absolute Gasteiger partial charge is 0.464 e. The summed E-state index contributed by atoms with van der Waals surface area (Å²) in [6.07, 6.45) is 7.98. The second kappa shape index (κ2) is 4.09. The Kier molecular flexibility index (Phi) is 2.94. The quantitative estimate of drug-likeness (QED) is 0.566. The zero-order valence-corrected chi connectivity index (χ0v) is 12.7. The van der Waals surface area contributed by atoms with Gasteiger partial charge in [-0.3, -0.25) is 0 Å². The van der Waals surface area contributed by atoms with Gasteiger partial charge in [0.15, 0.2) is 0 Å². The van der Waals surface area contributed by atoms with Crippen molar-refractivity contribution in [1.29, 1.82) is 0 Å². The molecular weight excluding hydrogens is 239 g/mol. The Morgan fingerprint density at radius 2 is 1.79 bits per heavy atom. The molecule has 0 aromatic carbocycles. The summed E-state index contributed by atoms with van der Waals surface area (Å²) in [6.45, 7) is 8.46. The van der Waals surface area contributed by atoms with E-state index in [1.165, 1.54) is 6.42 Å². The Labute approximate surface area is 116 Å². The monoisotopic (exact) mass is 264 g/mol. The molecule has 4 heteroatoms. The van der Waals surface area contributed by atoms with Crippen LogP contribution in [0, 0.1) is 5.92 Å². The lowest BCUT2D eigenvalue weighted by atomic mass is 9.52. The van der Waals surface area contributed by atoms with E-state index in [-0.39, 0.29) is 23.9 Å². The van der Waals surface area contributed by atoms with Crippen LogP contribution in [0.4, 0.5) is 0 Å². The molecule has 1 saturated heterocycles. The first-order chi connectivity index (χ1) is 8.80. The topological polar surface area (TPSA) is 27.7 Å². The third-order valence-electron chi connectivity index (χ3n) is 5.72. The molecule has 2 fully saturated rings. The molecule has 2 bridgehead atoms. The Balaban J connectivity index is 1.86. The molecule has 3 unspecified atom stereocenters. The molecule has 3 aliphatic carbocycles. The molecule has 0 aromatic heterocycles. The maximum atomic E-state index is 6.25. The maximum absolute atomic E-state index is 6.25. The summed E-state index contributed by atoms with van der Waals surface area (Å²) in [6, 6.07) is 0. The summed E-state index contributed by atoms with van der Waals surface area (Å²) in [4.78, 5) is 0. The Morgan fingerprint density at radius 3 is 2.26 bits per heavy atom. The van der Waals surface area contributed by atoms with Gasteiger partial charge in [-0.1, -0.05) is 12.2 Å². The van der Waals surface area contributed by atoms with Crippen molar-refractivity contribution in [3.63, 3.8) is 0 Å². The molecule has 0 aromatic rings. The Hall–Kier alpha value is -0.315. The first-order valence-corrected chi connectivity index (χ1v) is 7.40. The van der Waals surface area contributed by atoms with Crippen LogP contribution in [0.5, 0.6) is 0 Å². The van der Waals surface area contributed by atoms with Gasteiger partial charge in [0.2, 0.25) is 0 Å². The van der Waals surface area contributed by atoms with Crippen LogP contribution in [0.1, 0.15) is 47.0 Å². The van der Waals surface area contributed by atoms with Crippen LogP contribution in [-0.2, 0) is 14.0 Å². The lowest BCUT2D eigenvalue weighted by molar-refractivity contribution is -0.0232. The fourth-order valence-electron chi connectivity index (χ4n) is 3.64. The van der Waals surface area contributed by atoms with Crippen LogP contribution < -0.4 is 0 Å².